The highest BCUT2D eigenvalue weighted by Crippen LogP contribution is 2.64. The van der Waals surface area contributed by atoms with Crippen molar-refractivity contribution >= 4 is 29.1 Å². The monoisotopic (exact) mass is 514 g/mol. The SMILES string of the molecule is CCCNC(=O)[C@@H]1[C@H]2C(=O)N([C@H](C)CO)C(C(=O)Nc3ccc(N(CC)CC)cc3)C23CC[C@@]1(CC)O3. The van der Waals surface area contributed by atoms with Crippen molar-refractivity contribution in [3.63, 3.8) is 0 Å². The number of fused-ring (bicyclic) bond motifs is 1. The molecule has 3 N–H and O–H groups in total. The lowest BCUT2D eigenvalue weighted by Gasteiger charge is -2.36. The van der Waals surface area contributed by atoms with Crippen LogP contribution in [0, 0.1) is 11.8 Å². The molecule has 3 amide bonds. The first-order chi connectivity index (χ1) is 17.7. The second kappa shape index (κ2) is 10.6. The number of nitrogens with one attached hydrogen (secondary N) is 2. The zero-order valence-corrected chi connectivity index (χ0v) is 22.8. The smallest absolute Gasteiger partial charge is 0.250 e. The minimum absolute atomic E-state index is 0.187. The van der Waals surface area contributed by atoms with Crippen LogP contribution >= 0.6 is 0 Å². The molecular formula is C28H42N4O5. The van der Waals surface area contributed by atoms with E-state index in [1.807, 2.05) is 38.1 Å². The molecule has 1 aromatic rings. The molecule has 3 fully saturated rings. The van der Waals surface area contributed by atoms with Crippen molar-refractivity contribution in [2.24, 2.45) is 11.8 Å². The minimum atomic E-state index is -1.10. The number of benzene rings is 1. The predicted molar refractivity (Wildman–Crippen MR) is 142 cm³/mol. The number of carbonyl (C=O) groups excluding carboxylic acids is 3. The van der Waals surface area contributed by atoms with Gasteiger partial charge in [-0.15, -0.1) is 0 Å². The molecule has 0 saturated carbocycles. The molecule has 2 bridgehead atoms. The zero-order valence-electron chi connectivity index (χ0n) is 22.8. The van der Waals surface area contributed by atoms with Crippen molar-refractivity contribution in [1.82, 2.24) is 10.2 Å². The Morgan fingerprint density at radius 1 is 1.14 bits per heavy atom. The van der Waals surface area contributed by atoms with Crippen molar-refractivity contribution in [2.45, 2.75) is 83.6 Å². The van der Waals surface area contributed by atoms with E-state index in [0.717, 1.165) is 25.2 Å². The highest BCUT2D eigenvalue weighted by Gasteiger charge is 2.78. The van der Waals surface area contributed by atoms with Crippen LogP contribution in [0.5, 0.6) is 0 Å². The predicted octanol–water partition coefficient (Wildman–Crippen LogP) is 2.53. The van der Waals surface area contributed by atoms with Gasteiger partial charge in [-0.3, -0.25) is 14.4 Å². The Balaban J connectivity index is 1.68. The number of likely N-dealkylation sites (tertiary alicyclic amines) is 1. The first-order valence-electron chi connectivity index (χ1n) is 13.8. The number of ether oxygens (including phenoxy) is 1. The van der Waals surface area contributed by atoms with Gasteiger partial charge >= 0.3 is 0 Å². The fraction of sp³-hybridized carbons (Fsp3) is 0.679. The third-order valence-corrected chi connectivity index (χ3v) is 8.70. The average Bonchev–Trinajstić information content (AvgIpc) is 3.52. The molecule has 9 heteroatoms. The Labute approximate surface area is 219 Å². The Bertz CT molecular complexity index is 1010. The normalized spacial score (nSPS) is 30.8. The Hall–Kier alpha value is -2.65. The van der Waals surface area contributed by atoms with Crippen LogP contribution in [0.1, 0.15) is 60.3 Å². The van der Waals surface area contributed by atoms with Crippen LogP contribution in [0.15, 0.2) is 24.3 Å². The van der Waals surface area contributed by atoms with Crippen LogP contribution < -0.4 is 15.5 Å². The molecule has 37 heavy (non-hydrogen) atoms. The molecule has 0 aromatic heterocycles. The van der Waals surface area contributed by atoms with Crippen molar-refractivity contribution < 1.29 is 24.2 Å². The lowest BCUT2D eigenvalue weighted by atomic mass is 9.65. The summed E-state index contributed by atoms with van der Waals surface area (Å²) in [5, 5.41) is 16.0. The van der Waals surface area contributed by atoms with E-state index in [1.165, 1.54) is 4.90 Å². The van der Waals surface area contributed by atoms with Gasteiger partial charge in [0.25, 0.3) is 0 Å². The molecule has 3 heterocycles. The maximum absolute atomic E-state index is 13.9. The van der Waals surface area contributed by atoms with E-state index in [4.69, 9.17) is 4.74 Å². The van der Waals surface area contributed by atoms with Crippen molar-refractivity contribution in [2.75, 3.05) is 36.5 Å². The first kappa shape index (κ1) is 27.4. The summed E-state index contributed by atoms with van der Waals surface area (Å²) in [5.41, 5.74) is -0.177. The summed E-state index contributed by atoms with van der Waals surface area (Å²) in [7, 11) is 0. The molecule has 3 aliphatic heterocycles. The van der Waals surface area contributed by atoms with Gasteiger partial charge < -0.3 is 30.3 Å². The molecule has 3 aliphatic rings. The quantitative estimate of drug-likeness (QED) is 0.419. The third-order valence-electron chi connectivity index (χ3n) is 8.70. The van der Waals surface area contributed by atoms with Crippen LogP contribution in [-0.2, 0) is 19.1 Å². The first-order valence-corrected chi connectivity index (χ1v) is 13.8. The molecule has 3 saturated heterocycles. The summed E-state index contributed by atoms with van der Waals surface area (Å²) in [6.45, 7) is 11.9. The minimum Gasteiger partial charge on any atom is -0.394 e. The lowest BCUT2D eigenvalue weighted by Crippen LogP contribution is -2.55. The van der Waals surface area contributed by atoms with E-state index < -0.39 is 35.1 Å². The van der Waals surface area contributed by atoms with Crippen molar-refractivity contribution in [1.29, 1.82) is 0 Å². The molecule has 4 rings (SSSR count). The molecule has 1 spiro atoms. The third kappa shape index (κ3) is 4.30. The Morgan fingerprint density at radius 3 is 2.38 bits per heavy atom. The summed E-state index contributed by atoms with van der Waals surface area (Å²) in [6.07, 6.45) is 2.50. The molecule has 9 nitrogen and oxygen atoms in total. The second-order valence-electron chi connectivity index (χ2n) is 10.6. The number of amides is 3. The van der Waals surface area contributed by atoms with Gasteiger partial charge in [-0.1, -0.05) is 13.8 Å². The van der Waals surface area contributed by atoms with Gasteiger partial charge in [0.2, 0.25) is 17.7 Å². The maximum atomic E-state index is 13.9. The van der Waals surface area contributed by atoms with Gasteiger partial charge in [-0.25, -0.2) is 0 Å². The van der Waals surface area contributed by atoms with Gasteiger partial charge in [0.05, 0.1) is 30.1 Å². The number of anilines is 2. The molecule has 0 radical (unpaired) electrons. The van der Waals surface area contributed by atoms with Crippen LogP contribution in [0.2, 0.25) is 0 Å². The van der Waals surface area contributed by atoms with Gasteiger partial charge in [0.1, 0.15) is 11.6 Å². The summed E-state index contributed by atoms with van der Waals surface area (Å²) in [5.74, 6) is -2.25. The topological polar surface area (TPSA) is 111 Å². The molecule has 2 unspecified atom stereocenters. The number of carbonyl (C=O) groups is 3. The fourth-order valence-corrected chi connectivity index (χ4v) is 6.83. The van der Waals surface area contributed by atoms with Crippen LogP contribution in [0.4, 0.5) is 11.4 Å². The molecule has 204 valence electrons. The molecule has 6 atom stereocenters. The van der Waals surface area contributed by atoms with Crippen molar-refractivity contribution in [3.05, 3.63) is 24.3 Å². The number of hydrogen-bond acceptors (Lipinski definition) is 6. The van der Waals surface area contributed by atoms with E-state index in [1.54, 1.807) is 6.92 Å². The van der Waals surface area contributed by atoms with Crippen LogP contribution in [-0.4, -0.2) is 77.3 Å². The number of nitrogens with zero attached hydrogens (tertiary/aromatic N) is 2. The van der Waals surface area contributed by atoms with Gasteiger partial charge in [-0.05, 0) is 70.7 Å². The second-order valence-corrected chi connectivity index (χ2v) is 10.6. The highest BCUT2D eigenvalue weighted by molar-refractivity contribution is 6.04. The van der Waals surface area contributed by atoms with Crippen LogP contribution in [0.3, 0.4) is 0 Å². The Morgan fingerprint density at radius 2 is 1.81 bits per heavy atom. The summed E-state index contributed by atoms with van der Waals surface area (Å²) in [4.78, 5) is 44.9. The number of aliphatic hydroxyl groups excluding tert-OH is 1. The van der Waals surface area contributed by atoms with Gasteiger partial charge in [0, 0.05) is 31.0 Å². The Kier molecular flexibility index (Phi) is 7.85. The fourth-order valence-electron chi connectivity index (χ4n) is 6.83. The van der Waals surface area contributed by atoms with E-state index >= 15 is 0 Å². The zero-order chi connectivity index (χ0) is 27.0. The standard InChI is InChI=1S/C28H42N4O5/c1-6-16-29-24(34)21-22-26(36)32(18(5)17-33)23(28(22)15-14-27(21,7-2)37-28)25(35)30-19-10-12-20(13-11-19)31(8-3)9-4/h10-13,18,21-23,33H,6-9,14-17H2,1-5H3,(H,29,34)(H,30,35)/t18-,21+,22+,23?,27-,28?/m1/s1. The summed E-state index contributed by atoms with van der Waals surface area (Å²) < 4.78 is 6.71. The molecule has 1 aromatic carbocycles. The number of aliphatic hydroxyl groups is 1. The van der Waals surface area contributed by atoms with E-state index in [-0.39, 0.29) is 24.3 Å². The van der Waals surface area contributed by atoms with Crippen molar-refractivity contribution in [3.8, 4) is 0 Å². The number of hydrogen-bond donors (Lipinski definition) is 3. The highest BCUT2D eigenvalue weighted by atomic mass is 16.5. The summed E-state index contributed by atoms with van der Waals surface area (Å²) in [6, 6.07) is 6.13. The molecule has 0 aliphatic carbocycles. The number of rotatable bonds is 11. The van der Waals surface area contributed by atoms with E-state index in [0.29, 0.717) is 31.5 Å². The van der Waals surface area contributed by atoms with E-state index in [2.05, 4.69) is 29.4 Å². The lowest BCUT2D eigenvalue weighted by molar-refractivity contribution is -0.148. The van der Waals surface area contributed by atoms with E-state index in [9.17, 15) is 19.5 Å². The average molecular weight is 515 g/mol. The maximum Gasteiger partial charge on any atom is 0.250 e. The van der Waals surface area contributed by atoms with Crippen LogP contribution in [0.25, 0.3) is 0 Å². The molecular weight excluding hydrogens is 472 g/mol. The van der Waals surface area contributed by atoms with Gasteiger partial charge in [0.15, 0.2) is 0 Å². The summed E-state index contributed by atoms with van der Waals surface area (Å²) >= 11 is 0. The largest absolute Gasteiger partial charge is 0.394 e. The van der Waals surface area contributed by atoms with Gasteiger partial charge in [-0.2, -0.15) is 0 Å².